The number of piperidine rings is 1. The summed E-state index contributed by atoms with van der Waals surface area (Å²) >= 11 is 0. The fraction of sp³-hybridized carbons (Fsp3) is 0.923. The Hall–Kier alpha value is -0.610. The molecule has 2 aliphatic heterocycles. The Morgan fingerprint density at radius 2 is 2.29 bits per heavy atom. The van der Waals surface area contributed by atoms with E-state index >= 15 is 0 Å². The lowest BCUT2D eigenvalue weighted by molar-refractivity contribution is -0.126. The normalized spacial score (nSPS) is 33.6. The fourth-order valence-corrected chi connectivity index (χ4v) is 2.80. The van der Waals surface area contributed by atoms with Gasteiger partial charge in [-0.15, -0.1) is 0 Å². The number of carbonyl (C=O) groups is 1. The van der Waals surface area contributed by atoms with E-state index in [4.69, 9.17) is 4.74 Å². The standard InChI is InChI=1S/C13H24N2O2/c1-2-12-11(6-8-17-12)13(16)15-9-10-5-3-4-7-14-10/h10-12,14H,2-9H2,1H3,(H,15,16). The second kappa shape index (κ2) is 6.36. The van der Waals surface area contributed by atoms with Gasteiger partial charge in [-0.05, 0) is 32.2 Å². The Bertz CT molecular complexity index is 252. The molecule has 2 heterocycles. The molecule has 0 radical (unpaired) electrons. The number of ether oxygens (including phenoxy) is 1. The van der Waals surface area contributed by atoms with Crippen LogP contribution in [0.1, 0.15) is 39.0 Å². The summed E-state index contributed by atoms with van der Waals surface area (Å²) in [5.41, 5.74) is 0. The van der Waals surface area contributed by atoms with Crippen molar-refractivity contribution < 1.29 is 9.53 Å². The van der Waals surface area contributed by atoms with E-state index < -0.39 is 0 Å². The lowest BCUT2D eigenvalue weighted by atomic mass is 9.98. The molecular weight excluding hydrogens is 216 g/mol. The van der Waals surface area contributed by atoms with E-state index in [1.165, 1.54) is 19.3 Å². The third kappa shape index (κ3) is 3.42. The predicted octanol–water partition coefficient (Wildman–Crippen LogP) is 1.06. The van der Waals surface area contributed by atoms with Crippen LogP contribution in [-0.2, 0) is 9.53 Å². The van der Waals surface area contributed by atoms with E-state index in [-0.39, 0.29) is 17.9 Å². The molecule has 98 valence electrons. The third-order valence-electron chi connectivity index (χ3n) is 3.88. The highest BCUT2D eigenvalue weighted by Crippen LogP contribution is 2.23. The molecule has 0 bridgehead atoms. The summed E-state index contributed by atoms with van der Waals surface area (Å²) in [6.07, 6.45) is 5.66. The molecule has 0 aromatic rings. The lowest BCUT2D eigenvalue weighted by Gasteiger charge is -2.25. The zero-order valence-corrected chi connectivity index (χ0v) is 10.7. The minimum absolute atomic E-state index is 0.0728. The van der Waals surface area contributed by atoms with Gasteiger partial charge in [0.2, 0.25) is 5.91 Å². The van der Waals surface area contributed by atoms with Crippen molar-refractivity contribution in [3.63, 3.8) is 0 Å². The highest BCUT2D eigenvalue weighted by Gasteiger charge is 2.32. The maximum atomic E-state index is 12.0. The number of nitrogens with one attached hydrogen (secondary N) is 2. The second-order valence-corrected chi connectivity index (χ2v) is 5.10. The van der Waals surface area contributed by atoms with Crippen LogP contribution in [0, 0.1) is 5.92 Å². The molecule has 0 aromatic heterocycles. The molecule has 17 heavy (non-hydrogen) atoms. The van der Waals surface area contributed by atoms with Crippen molar-refractivity contribution in [2.75, 3.05) is 19.7 Å². The zero-order chi connectivity index (χ0) is 12.1. The quantitative estimate of drug-likeness (QED) is 0.772. The first-order valence-electron chi connectivity index (χ1n) is 6.94. The molecular formula is C13H24N2O2. The van der Waals surface area contributed by atoms with Crippen LogP contribution < -0.4 is 10.6 Å². The Morgan fingerprint density at radius 3 is 3.00 bits per heavy atom. The van der Waals surface area contributed by atoms with Gasteiger partial charge in [-0.1, -0.05) is 13.3 Å². The summed E-state index contributed by atoms with van der Waals surface area (Å²) in [6, 6.07) is 0.468. The number of amides is 1. The van der Waals surface area contributed by atoms with E-state index in [1.54, 1.807) is 0 Å². The fourth-order valence-electron chi connectivity index (χ4n) is 2.80. The van der Waals surface area contributed by atoms with Crippen LogP contribution in [0.25, 0.3) is 0 Å². The molecule has 4 heteroatoms. The number of rotatable bonds is 4. The van der Waals surface area contributed by atoms with E-state index in [0.717, 1.165) is 32.5 Å². The third-order valence-corrected chi connectivity index (χ3v) is 3.88. The molecule has 2 aliphatic rings. The molecule has 0 saturated carbocycles. The van der Waals surface area contributed by atoms with Crippen LogP contribution in [0.4, 0.5) is 0 Å². The van der Waals surface area contributed by atoms with E-state index in [0.29, 0.717) is 6.04 Å². The smallest absolute Gasteiger partial charge is 0.225 e. The van der Waals surface area contributed by atoms with Gasteiger partial charge < -0.3 is 15.4 Å². The number of hydrogen-bond donors (Lipinski definition) is 2. The van der Waals surface area contributed by atoms with Gasteiger partial charge in [0.05, 0.1) is 12.0 Å². The number of hydrogen-bond acceptors (Lipinski definition) is 3. The van der Waals surface area contributed by atoms with Gasteiger partial charge >= 0.3 is 0 Å². The Kier molecular flexibility index (Phi) is 4.80. The SMILES string of the molecule is CCC1OCCC1C(=O)NCC1CCCCN1. The molecule has 2 saturated heterocycles. The highest BCUT2D eigenvalue weighted by molar-refractivity contribution is 5.79. The predicted molar refractivity (Wildman–Crippen MR) is 66.8 cm³/mol. The monoisotopic (exact) mass is 240 g/mol. The Morgan fingerprint density at radius 1 is 1.41 bits per heavy atom. The van der Waals surface area contributed by atoms with Crippen LogP contribution in [0.3, 0.4) is 0 Å². The molecule has 4 nitrogen and oxygen atoms in total. The van der Waals surface area contributed by atoms with Gasteiger partial charge in [-0.25, -0.2) is 0 Å². The first-order valence-corrected chi connectivity index (χ1v) is 6.94. The maximum Gasteiger partial charge on any atom is 0.225 e. The van der Waals surface area contributed by atoms with Crippen molar-refractivity contribution >= 4 is 5.91 Å². The van der Waals surface area contributed by atoms with Crippen molar-refractivity contribution in [2.24, 2.45) is 5.92 Å². The topological polar surface area (TPSA) is 50.4 Å². The van der Waals surface area contributed by atoms with Gasteiger partial charge in [-0.2, -0.15) is 0 Å². The summed E-state index contributed by atoms with van der Waals surface area (Å²) in [6.45, 7) is 4.67. The summed E-state index contributed by atoms with van der Waals surface area (Å²) in [7, 11) is 0. The van der Waals surface area contributed by atoms with Crippen molar-refractivity contribution in [1.29, 1.82) is 0 Å². The molecule has 3 atom stereocenters. The lowest BCUT2D eigenvalue weighted by Crippen LogP contribution is -2.45. The van der Waals surface area contributed by atoms with Crippen LogP contribution in [0.5, 0.6) is 0 Å². The van der Waals surface area contributed by atoms with Crippen molar-refractivity contribution in [2.45, 2.75) is 51.2 Å². The van der Waals surface area contributed by atoms with Crippen LogP contribution in [0.15, 0.2) is 0 Å². The van der Waals surface area contributed by atoms with Crippen LogP contribution in [0.2, 0.25) is 0 Å². The Balaban J connectivity index is 1.72. The summed E-state index contributed by atoms with van der Waals surface area (Å²) in [5.74, 6) is 0.255. The molecule has 0 aliphatic carbocycles. The molecule has 3 unspecified atom stereocenters. The van der Waals surface area contributed by atoms with Crippen molar-refractivity contribution in [3.05, 3.63) is 0 Å². The summed E-state index contributed by atoms with van der Waals surface area (Å²) in [5, 5.41) is 6.52. The summed E-state index contributed by atoms with van der Waals surface area (Å²) < 4.78 is 5.55. The average molecular weight is 240 g/mol. The largest absolute Gasteiger partial charge is 0.377 e. The number of carbonyl (C=O) groups excluding carboxylic acids is 1. The van der Waals surface area contributed by atoms with Gasteiger partial charge in [-0.3, -0.25) is 4.79 Å². The van der Waals surface area contributed by atoms with E-state index in [9.17, 15) is 4.79 Å². The first kappa shape index (κ1) is 12.8. The van der Waals surface area contributed by atoms with Gasteiger partial charge in [0, 0.05) is 19.2 Å². The van der Waals surface area contributed by atoms with E-state index in [1.807, 2.05) is 0 Å². The molecule has 0 spiro atoms. The molecule has 2 rings (SSSR count). The zero-order valence-electron chi connectivity index (χ0n) is 10.7. The maximum absolute atomic E-state index is 12.0. The van der Waals surface area contributed by atoms with Crippen LogP contribution in [-0.4, -0.2) is 37.7 Å². The molecule has 2 fully saturated rings. The van der Waals surface area contributed by atoms with Crippen LogP contribution >= 0.6 is 0 Å². The molecule has 2 N–H and O–H groups in total. The first-order chi connectivity index (χ1) is 8.31. The van der Waals surface area contributed by atoms with Crippen molar-refractivity contribution in [3.8, 4) is 0 Å². The summed E-state index contributed by atoms with van der Waals surface area (Å²) in [4.78, 5) is 12.0. The molecule has 0 aromatic carbocycles. The average Bonchev–Trinajstić information content (AvgIpc) is 2.85. The Labute approximate surface area is 103 Å². The van der Waals surface area contributed by atoms with Gasteiger partial charge in [0.1, 0.15) is 0 Å². The molecule has 1 amide bonds. The van der Waals surface area contributed by atoms with E-state index in [2.05, 4.69) is 17.6 Å². The van der Waals surface area contributed by atoms with Gasteiger partial charge in [0.15, 0.2) is 0 Å². The minimum Gasteiger partial charge on any atom is -0.377 e. The van der Waals surface area contributed by atoms with Gasteiger partial charge in [0.25, 0.3) is 0 Å². The highest BCUT2D eigenvalue weighted by atomic mass is 16.5. The second-order valence-electron chi connectivity index (χ2n) is 5.10. The minimum atomic E-state index is 0.0728. The van der Waals surface area contributed by atoms with Crippen molar-refractivity contribution in [1.82, 2.24) is 10.6 Å².